The zero-order chi connectivity index (χ0) is 12.3. The molecule has 0 aliphatic heterocycles. The molecule has 0 aromatic carbocycles. The molecule has 0 aromatic heterocycles. The predicted octanol–water partition coefficient (Wildman–Crippen LogP) is 5.07. The van der Waals surface area contributed by atoms with E-state index in [0.717, 1.165) is 18.8 Å². The highest BCUT2D eigenvalue weighted by Crippen LogP contribution is 2.25. The maximum absolute atomic E-state index is 9.80. The van der Waals surface area contributed by atoms with Crippen molar-refractivity contribution < 1.29 is 5.11 Å². The molecule has 0 heterocycles. The van der Waals surface area contributed by atoms with Gasteiger partial charge in [0.05, 0.1) is 6.10 Å². The van der Waals surface area contributed by atoms with Crippen LogP contribution < -0.4 is 0 Å². The molecule has 0 radical (unpaired) electrons. The number of rotatable bonds is 3. The smallest absolute Gasteiger partial charge is 0.0540 e. The fourth-order valence-corrected chi connectivity index (χ4v) is 3.03. The molecule has 0 aromatic rings. The van der Waals surface area contributed by atoms with Crippen LogP contribution in [0.4, 0.5) is 0 Å². The molecule has 1 nitrogen and oxygen atoms in total. The van der Waals surface area contributed by atoms with Crippen LogP contribution in [0.15, 0.2) is 0 Å². The van der Waals surface area contributed by atoms with Crippen LogP contribution in [-0.4, -0.2) is 11.2 Å². The fourth-order valence-electron chi connectivity index (χ4n) is 3.03. The molecule has 0 bridgehead atoms. The van der Waals surface area contributed by atoms with Crippen LogP contribution in [0.25, 0.3) is 0 Å². The second-order valence-electron chi connectivity index (χ2n) is 5.92. The van der Waals surface area contributed by atoms with Gasteiger partial charge in [0.1, 0.15) is 0 Å². The van der Waals surface area contributed by atoms with Gasteiger partial charge in [0, 0.05) is 0 Å². The maximum Gasteiger partial charge on any atom is 0.0540 e. The maximum atomic E-state index is 9.80. The summed E-state index contributed by atoms with van der Waals surface area (Å²) in [5.41, 5.74) is 0. The number of hydrogen-bond acceptors (Lipinski definition) is 1. The third-order valence-corrected chi connectivity index (χ3v) is 4.30. The summed E-state index contributed by atoms with van der Waals surface area (Å²) in [6, 6.07) is 0. The minimum Gasteiger partial charge on any atom is -0.393 e. The second kappa shape index (κ2) is 9.94. The van der Waals surface area contributed by atoms with Gasteiger partial charge >= 0.3 is 0 Å². The van der Waals surface area contributed by atoms with Gasteiger partial charge in [-0.1, -0.05) is 77.6 Å². The summed E-state index contributed by atoms with van der Waals surface area (Å²) >= 11 is 0. The van der Waals surface area contributed by atoms with Gasteiger partial charge in [-0.3, -0.25) is 0 Å². The van der Waals surface area contributed by atoms with Crippen molar-refractivity contribution in [1.29, 1.82) is 0 Å². The molecule has 1 fully saturated rings. The lowest BCUT2D eigenvalue weighted by Crippen LogP contribution is -2.13. The van der Waals surface area contributed by atoms with E-state index in [-0.39, 0.29) is 6.10 Å². The van der Waals surface area contributed by atoms with Crippen molar-refractivity contribution in [2.45, 2.75) is 96.5 Å². The Kier molecular flexibility index (Phi) is 8.78. The first kappa shape index (κ1) is 15.0. The summed E-state index contributed by atoms with van der Waals surface area (Å²) in [7, 11) is 0. The van der Waals surface area contributed by atoms with Gasteiger partial charge in [0.15, 0.2) is 0 Å². The van der Waals surface area contributed by atoms with E-state index in [0.29, 0.717) is 0 Å². The zero-order valence-electron chi connectivity index (χ0n) is 11.8. The summed E-state index contributed by atoms with van der Waals surface area (Å²) in [5.74, 6) is 0.796. The first-order valence-corrected chi connectivity index (χ1v) is 8.01. The first-order valence-electron chi connectivity index (χ1n) is 8.01. The summed E-state index contributed by atoms with van der Waals surface area (Å²) in [4.78, 5) is 0. The van der Waals surface area contributed by atoms with Crippen LogP contribution in [-0.2, 0) is 0 Å². The molecule has 1 rings (SSSR count). The third kappa shape index (κ3) is 7.81. The highest BCUT2D eigenvalue weighted by atomic mass is 16.3. The van der Waals surface area contributed by atoms with E-state index in [2.05, 4.69) is 6.92 Å². The highest BCUT2D eigenvalue weighted by Gasteiger charge is 2.13. The first-order chi connectivity index (χ1) is 8.33. The van der Waals surface area contributed by atoms with E-state index >= 15 is 0 Å². The van der Waals surface area contributed by atoms with Gasteiger partial charge in [-0.05, 0) is 18.8 Å². The topological polar surface area (TPSA) is 20.2 Å². The van der Waals surface area contributed by atoms with Gasteiger partial charge in [-0.25, -0.2) is 0 Å². The zero-order valence-corrected chi connectivity index (χ0v) is 11.8. The van der Waals surface area contributed by atoms with Crippen molar-refractivity contribution in [2.24, 2.45) is 5.92 Å². The Hall–Kier alpha value is -0.0400. The summed E-state index contributed by atoms with van der Waals surface area (Å²) in [6.07, 6.45) is 17.5. The quantitative estimate of drug-likeness (QED) is 0.730. The molecule has 0 amide bonds. The van der Waals surface area contributed by atoms with Crippen LogP contribution in [0.5, 0.6) is 0 Å². The summed E-state index contributed by atoms with van der Waals surface area (Å²) < 4.78 is 0. The van der Waals surface area contributed by atoms with E-state index in [4.69, 9.17) is 0 Å². The number of hydrogen-bond donors (Lipinski definition) is 1. The minimum atomic E-state index is -0.0482. The van der Waals surface area contributed by atoms with Gasteiger partial charge in [0.25, 0.3) is 0 Å². The Balaban J connectivity index is 2.26. The lowest BCUT2D eigenvalue weighted by Gasteiger charge is -2.20. The molecule has 0 saturated heterocycles. The van der Waals surface area contributed by atoms with Crippen LogP contribution >= 0.6 is 0 Å². The monoisotopic (exact) mass is 240 g/mol. The molecule has 1 aliphatic rings. The summed E-state index contributed by atoms with van der Waals surface area (Å²) in [5, 5.41) is 9.80. The van der Waals surface area contributed by atoms with E-state index in [1.54, 1.807) is 0 Å². The van der Waals surface area contributed by atoms with Gasteiger partial charge < -0.3 is 5.11 Å². The largest absolute Gasteiger partial charge is 0.393 e. The Morgan fingerprint density at radius 1 is 0.824 bits per heavy atom. The normalized spacial score (nSPS) is 23.6. The minimum absolute atomic E-state index is 0.0482. The lowest BCUT2D eigenvalue weighted by atomic mass is 9.88. The molecule has 1 aliphatic carbocycles. The van der Waals surface area contributed by atoms with Gasteiger partial charge in [-0.15, -0.1) is 0 Å². The van der Waals surface area contributed by atoms with Crippen molar-refractivity contribution in [1.82, 2.24) is 0 Å². The standard InChI is InChI=1S/C16H32O/c1-2-16(17)14-15-12-10-8-6-4-3-5-7-9-11-13-15/h15-17H,2-14H2,1H3. The Labute approximate surface area is 108 Å². The van der Waals surface area contributed by atoms with Crippen molar-refractivity contribution in [3.8, 4) is 0 Å². The average Bonchev–Trinajstić information content (AvgIpc) is 2.32. The van der Waals surface area contributed by atoms with Crippen molar-refractivity contribution >= 4 is 0 Å². The molecule has 0 spiro atoms. The fraction of sp³-hybridized carbons (Fsp3) is 1.00. The highest BCUT2D eigenvalue weighted by molar-refractivity contribution is 4.66. The predicted molar refractivity (Wildman–Crippen MR) is 75.2 cm³/mol. The Morgan fingerprint density at radius 2 is 1.24 bits per heavy atom. The third-order valence-electron chi connectivity index (χ3n) is 4.30. The molecule has 1 atom stereocenters. The van der Waals surface area contributed by atoms with E-state index in [1.165, 1.54) is 70.6 Å². The summed E-state index contributed by atoms with van der Waals surface area (Å²) in [6.45, 7) is 2.10. The molecule has 102 valence electrons. The van der Waals surface area contributed by atoms with Crippen LogP contribution in [0.3, 0.4) is 0 Å². The average molecular weight is 240 g/mol. The molecular weight excluding hydrogens is 208 g/mol. The second-order valence-corrected chi connectivity index (χ2v) is 5.92. The Bertz CT molecular complexity index is 155. The van der Waals surface area contributed by atoms with Crippen LogP contribution in [0, 0.1) is 5.92 Å². The van der Waals surface area contributed by atoms with E-state index in [9.17, 15) is 5.11 Å². The van der Waals surface area contributed by atoms with Gasteiger partial charge in [0.2, 0.25) is 0 Å². The number of aliphatic hydroxyl groups is 1. The van der Waals surface area contributed by atoms with E-state index in [1.807, 2.05) is 0 Å². The molecular formula is C16H32O. The van der Waals surface area contributed by atoms with Crippen molar-refractivity contribution in [3.05, 3.63) is 0 Å². The molecule has 17 heavy (non-hydrogen) atoms. The van der Waals surface area contributed by atoms with Crippen LogP contribution in [0.1, 0.15) is 90.4 Å². The molecule has 1 heteroatoms. The lowest BCUT2D eigenvalue weighted by molar-refractivity contribution is 0.131. The van der Waals surface area contributed by atoms with E-state index < -0.39 is 0 Å². The molecule has 1 saturated carbocycles. The molecule has 1 N–H and O–H groups in total. The Morgan fingerprint density at radius 3 is 1.65 bits per heavy atom. The van der Waals surface area contributed by atoms with Crippen molar-refractivity contribution in [3.63, 3.8) is 0 Å². The number of aliphatic hydroxyl groups excluding tert-OH is 1. The molecule has 1 unspecified atom stereocenters. The van der Waals surface area contributed by atoms with Gasteiger partial charge in [-0.2, -0.15) is 0 Å². The van der Waals surface area contributed by atoms with Crippen molar-refractivity contribution in [2.75, 3.05) is 0 Å². The van der Waals surface area contributed by atoms with Crippen LogP contribution in [0.2, 0.25) is 0 Å². The SMILES string of the molecule is CCC(O)CC1CCCCCCCCCCC1.